The van der Waals surface area contributed by atoms with Gasteiger partial charge in [-0.3, -0.25) is 0 Å². The highest BCUT2D eigenvalue weighted by Gasteiger charge is 2.16. The van der Waals surface area contributed by atoms with E-state index in [4.69, 9.17) is 9.47 Å². The van der Waals surface area contributed by atoms with E-state index in [9.17, 15) is 0 Å². The van der Waals surface area contributed by atoms with E-state index in [1.54, 1.807) is 20.4 Å². The maximum Gasteiger partial charge on any atom is 0.118 e. The van der Waals surface area contributed by atoms with Gasteiger partial charge in [-0.1, -0.05) is 0 Å². The van der Waals surface area contributed by atoms with Crippen LogP contribution in [0.1, 0.15) is 31.2 Å². The van der Waals surface area contributed by atoms with Crippen LogP contribution in [0.2, 0.25) is 0 Å². The molecule has 0 amide bonds. The van der Waals surface area contributed by atoms with E-state index in [1.807, 2.05) is 24.3 Å². The average Bonchev–Trinajstić information content (AvgIpc) is 2.49. The van der Waals surface area contributed by atoms with Gasteiger partial charge in [0.25, 0.3) is 0 Å². The van der Waals surface area contributed by atoms with Crippen LogP contribution in [0, 0.1) is 0 Å². The van der Waals surface area contributed by atoms with Gasteiger partial charge in [0.1, 0.15) is 5.75 Å². The Morgan fingerprint density at radius 2 is 1.79 bits per heavy atom. The molecular formula is C15H20N2O2. The monoisotopic (exact) mass is 260 g/mol. The Labute approximate surface area is 114 Å². The molecule has 1 aliphatic carbocycles. The molecule has 1 aromatic rings. The molecular weight excluding hydrogens is 240 g/mol. The molecule has 0 saturated heterocycles. The van der Waals surface area contributed by atoms with Crippen molar-refractivity contribution in [2.45, 2.75) is 31.8 Å². The van der Waals surface area contributed by atoms with E-state index < -0.39 is 0 Å². The quantitative estimate of drug-likeness (QED) is 0.617. The van der Waals surface area contributed by atoms with E-state index in [0.717, 1.165) is 42.7 Å². The van der Waals surface area contributed by atoms with Gasteiger partial charge in [-0.15, -0.1) is 0 Å². The Morgan fingerprint density at radius 3 is 2.37 bits per heavy atom. The zero-order chi connectivity index (χ0) is 13.5. The lowest BCUT2D eigenvalue weighted by molar-refractivity contribution is 0.0863. The molecule has 0 N–H and O–H groups in total. The lowest BCUT2D eigenvalue weighted by Crippen LogP contribution is -2.19. The van der Waals surface area contributed by atoms with E-state index in [2.05, 4.69) is 10.2 Å². The van der Waals surface area contributed by atoms with Crippen LogP contribution >= 0.6 is 0 Å². The van der Waals surface area contributed by atoms with Gasteiger partial charge in [-0.25, -0.2) is 0 Å². The van der Waals surface area contributed by atoms with E-state index >= 15 is 0 Å². The minimum absolute atomic E-state index is 0.393. The zero-order valence-electron chi connectivity index (χ0n) is 11.5. The van der Waals surface area contributed by atoms with Crippen LogP contribution in [-0.2, 0) is 4.74 Å². The molecule has 0 aromatic heterocycles. The Balaban J connectivity index is 1.88. The molecule has 1 aromatic carbocycles. The Bertz CT molecular complexity index is 442. The predicted molar refractivity (Wildman–Crippen MR) is 77.3 cm³/mol. The van der Waals surface area contributed by atoms with Crippen LogP contribution in [0.3, 0.4) is 0 Å². The van der Waals surface area contributed by atoms with Gasteiger partial charge in [0, 0.05) is 12.8 Å². The van der Waals surface area contributed by atoms with Crippen LogP contribution < -0.4 is 4.74 Å². The number of methoxy groups -OCH3 is 2. The largest absolute Gasteiger partial charge is 0.497 e. The highest BCUT2D eigenvalue weighted by molar-refractivity contribution is 5.86. The number of nitrogens with zero attached hydrogens (tertiary/aromatic N) is 2. The maximum atomic E-state index is 5.33. The fourth-order valence-electron chi connectivity index (χ4n) is 2.13. The number of hydrogen-bond donors (Lipinski definition) is 0. The van der Waals surface area contributed by atoms with Gasteiger partial charge >= 0.3 is 0 Å². The van der Waals surface area contributed by atoms with Crippen molar-refractivity contribution in [1.82, 2.24) is 0 Å². The topological polar surface area (TPSA) is 43.2 Å². The van der Waals surface area contributed by atoms with E-state index in [0.29, 0.717) is 6.10 Å². The lowest BCUT2D eigenvalue weighted by Gasteiger charge is -2.20. The second-order valence-corrected chi connectivity index (χ2v) is 4.62. The molecule has 19 heavy (non-hydrogen) atoms. The minimum Gasteiger partial charge on any atom is -0.497 e. The molecule has 1 aliphatic rings. The van der Waals surface area contributed by atoms with Crippen LogP contribution in [-0.4, -0.2) is 32.2 Å². The van der Waals surface area contributed by atoms with E-state index in [-0.39, 0.29) is 0 Å². The first-order valence-corrected chi connectivity index (χ1v) is 6.57. The van der Waals surface area contributed by atoms with Gasteiger partial charge in [0.15, 0.2) is 0 Å². The van der Waals surface area contributed by atoms with Crippen molar-refractivity contribution >= 4 is 11.9 Å². The summed E-state index contributed by atoms with van der Waals surface area (Å²) in [6.07, 6.45) is 6.23. The second-order valence-electron chi connectivity index (χ2n) is 4.62. The van der Waals surface area contributed by atoms with Crippen molar-refractivity contribution in [3.8, 4) is 5.75 Å². The van der Waals surface area contributed by atoms with Gasteiger partial charge in [0.05, 0.1) is 19.4 Å². The third-order valence-corrected chi connectivity index (χ3v) is 3.36. The summed E-state index contributed by atoms with van der Waals surface area (Å²) in [4.78, 5) is 0. The van der Waals surface area contributed by atoms with Crippen molar-refractivity contribution in [2.24, 2.45) is 10.2 Å². The second kappa shape index (κ2) is 7.04. The summed E-state index contributed by atoms with van der Waals surface area (Å²) in [6.45, 7) is 0. The summed E-state index contributed by atoms with van der Waals surface area (Å²) in [5.41, 5.74) is 2.19. The normalized spacial score (nSPS) is 19.7. The fourth-order valence-corrected chi connectivity index (χ4v) is 2.13. The van der Waals surface area contributed by atoms with Crippen LogP contribution in [0.15, 0.2) is 34.5 Å². The Hall–Kier alpha value is -1.68. The molecule has 4 nitrogen and oxygen atoms in total. The van der Waals surface area contributed by atoms with Crippen molar-refractivity contribution in [2.75, 3.05) is 14.2 Å². The maximum absolute atomic E-state index is 5.33. The Morgan fingerprint density at radius 1 is 1.11 bits per heavy atom. The molecule has 0 atom stereocenters. The number of benzene rings is 1. The molecule has 4 heteroatoms. The summed E-state index contributed by atoms with van der Waals surface area (Å²) in [7, 11) is 3.43. The first-order chi connectivity index (χ1) is 9.31. The van der Waals surface area contributed by atoms with Crippen molar-refractivity contribution in [3.63, 3.8) is 0 Å². The van der Waals surface area contributed by atoms with E-state index in [1.165, 1.54) is 0 Å². The lowest BCUT2D eigenvalue weighted by atomic mass is 9.96. The predicted octanol–water partition coefficient (Wildman–Crippen LogP) is 3.06. The van der Waals surface area contributed by atoms with Crippen molar-refractivity contribution in [1.29, 1.82) is 0 Å². The third-order valence-electron chi connectivity index (χ3n) is 3.36. The summed E-state index contributed by atoms with van der Waals surface area (Å²) in [6, 6.07) is 7.76. The molecule has 1 fully saturated rings. The SMILES string of the molecule is COc1ccc(C=NN=C2CCC(OC)CC2)cc1. The zero-order valence-corrected chi connectivity index (χ0v) is 11.5. The van der Waals surface area contributed by atoms with Gasteiger partial charge in [-0.2, -0.15) is 10.2 Å². The molecule has 102 valence electrons. The van der Waals surface area contributed by atoms with Gasteiger partial charge in [0.2, 0.25) is 0 Å². The first-order valence-electron chi connectivity index (χ1n) is 6.57. The molecule has 0 aliphatic heterocycles. The molecule has 0 heterocycles. The van der Waals surface area contributed by atoms with Crippen LogP contribution in [0.25, 0.3) is 0 Å². The molecule has 0 unspecified atom stereocenters. The Kier molecular flexibility index (Phi) is 5.10. The molecule has 0 bridgehead atoms. The standard InChI is InChI=1S/C15H20N2O2/c1-18-14-7-3-12(4-8-14)11-16-17-13-5-9-15(19-2)10-6-13/h3-4,7-8,11,15H,5-6,9-10H2,1-2H3. The smallest absolute Gasteiger partial charge is 0.118 e. The summed E-state index contributed by atoms with van der Waals surface area (Å²) >= 11 is 0. The number of rotatable bonds is 4. The highest BCUT2D eigenvalue weighted by Crippen LogP contribution is 2.18. The number of ether oxygens (including phenoxy) is 2. The third kappa shape index (κ3) is 4.17. The molecule has 2 rings (SSSR count). The van der Waals surface area contributed by atoms with Crippen molar-refractivity contribution in [3.05, 3.63) is 29.8 Å². The summed E-state index contributed by atoms with van der Waals surface area (Å²) in [5, 5.41) is 8.44. The first kappa shape index (κ1) is 13.7. The van der Waals surface area contributed by atoms with Crippen LogP contribution in [0.4, 0.5) is 0 Å². The van der Waals surface area contributed by atoms with Crippen LogP contribution in [0.5, 0.6) is 5.75 Å². The molecule has 1 saturated carbocycles. The highest BCUT2D eigenvalue weighted by atomic mass is 16.5. The number of hydrogen-bond acceptors (Lipinski definition) is 4. The fraction of sp³-hybridized carbons (Fsp3) is 0.467. The summed E-state index contributed by atoms with van der Waals surface area (Å²) in [5.74, 6) is 0.848. The molecule has 0 spiro atoms. The van der Waals surface area contributed by atoms with Gasteiger partial charge < -0.3 is 9.47 Å². The average molecular weight is 260 g/mol. The minimum atomic E-state index is 0.393. The van der Waals surface area contributed by atoms with Gasteiger partial charge in [-0.05, 0) is 55.5 Å². The molecule has 0 radical (unpaired) electrons. The summed E-state index contributed by atoms with van der Waals surface area (Å²) < 4.78 is 10.4. The van der Waals surface area contributed by atoms with Crippen molar-refractivity contribution < 1.29 is 9.47 Å².